The molecule has 18 heavy (non-hydrogen) atoms. The molecule has 1 aromatic rings. The Morgan fingerprint density at radius 1 is 1.50 bits per heavy atom. The quantitative estimate of drug-likeness (QED) is 0.790. The summed E-state index contributed by atoms with van der Waals surface area (Å²) in [4.78, 5) is 26.2. The number of carbonyl (C=O) groups is 2. The van der Waals surface area contributed by atoms with Crippen LogP contribution in [0.2, 0.25) is 0 Å². The zero-order chi connectivity index (χ0) is 13.9. The first kappa shape index (κ1) is 14.0. The van der Waals surface area contributed by atoms with Gasteiger partial charge in [0.1, 0.15) is 17.1 Å². The lowest BCUT2D eigenvalue weighted by Gasteiger charge is -2.19. The molecule has 1 amide bonds. The van der Waals surface area contributed by atoms with E-state index in [1.807, 2.05) is 0 Å². The van der Waals surface area contributed by atoms with Crippen molar-refractivity contribution in [2.24, 2.45) is 7.05 Å². The number of rotatable bonds is 3. The van der Waals surface area contributed by atoms with Crippen molar-refractivity contribution in [2.75, 3.05) is 0 Å². The standard InChI is InChI=1S/C11H17N3O4/c1-11(2,3)18-9(15)7-5-12-8(14(7)4)6-13-10(16)17/h5,13H,6H2,1-4H3,(H,16,17). The fraction of sp³-hybridized carbons (Fsp3) is 0.545. The summed E-state index contributed by atoms with van der Waals surface area (Å²) >= 11 is 0. The normalized spacial score (nSPS) is 11.1. The Kier molecular flexibility index (Phi) is 3.95. The van der Waals surface area contributed by atoms with Gasteiger partial charge in [-0.05, 0) is 20.8 Å². The number of carbonyl (C=O) groups excluding carboxylic acids is 1. The maximum Gasteiger partial charge on any atom is 0.405 e. The predicted molar refractivity (Wildman–Crippen MR) is 63.2 cm³/mol. The lowest BCUT2D eigenvalue weighted by atomic mass is 10.2. The van der Waals surface area contributed by atoms with Crippen molar-refractivity contribution in [3.05, 3.63) is 17.7 Å². The molecule has 0 atom stereocenters. The second-order valence-electron chi connectivity index (χ2n) is 4.78. The van der Waals surface area contributed by atoms with Gasteiger partial charge in [-0.15, -0.1) is 0 Å². The molecule has 0 aromatic carbocycles. The third-order valence-electron chi connectivity index (χ3n) is 2.09. The van der Waals surface area contributed by atoms with Crippen molar-refractivity contribution in [2.45, 2.75) is 32.9 Å². The molecule has 2 N–H and O–H groups in total. The minimum atomic E-state index is -1.14. The largest absolute Gasteiger partial charge is 0.465 e. The number of amides is 1. The summed E-state index contributed by atoms with van der Waals surface area (Å²) in [5, 5.41) is 10.7. The first-order valence-electron chi connectivity index (χ1n) is 5.41. The van der Waals surface area contributed by atoms with Crippen molar-refractivity contribution >= 4 is 12.1 Å². The van der Waals surface area contributed by atoms with Crippen LogP contribution < -0.4 is 5.32 Å². The molecule has 7 nitrogen and oxygen atoms in total. The molecule has 0 aliphatic carbocycles. The first-order chi connectivity index (χ1) is 8.20. The third-order valence-corrected chi connectivity index (χ3v) is 2.09. The Morgan fingerprint density at radius 2 is 2.11 bits per heavy atom. The van der Waals surface area contributed by atoms with Gasteiger partial charge < -0.3 is 19.7 Å². The van der Waals surface area contributed by atoms with Gasteiger partial charge in [-0.3, -0.25) is 0 Å². The molecule has 0 saturated carbocycles. The van der Waals surface area contributed by atoms with E-state index in [-0.39, 0.29) is 12.2 Å². The van der Waals surface area contributed by atoms with Crippen LogP contribution in [0.25, 0.3) is 0 Å². The highest BCUT2D eigenvalue weighted by Gasteiger charge is 2.21. The van der Waals surface area contributed by atoms with Gasteiger partial charge in [0.05, 0.1) is 12.7 Å². The Balaban J connectivity index is 2.80. The second-order valence-corrected chi connectivity index (χ2v) is 4.78. The molecular formula is C11H17N3O4. The fourth-order valence-corrected chi connectivity index (χ4v) is 1.29. The average Bonchev–Trinajstić information content (AvgIpc) is 2.54. The van der Waals surface area contributed by atoms with Gasteiger partial charge in [-0.2, -0.15) is 0 Å². The van der Waals surface area contributed by atoms with Crippen LogP contribution in [-0.4, -0.2) is 32.3 Å². The highest BCUT2D eigenvalue weighted by Crippen LogP contribution is 2.12. The van der Waals surface area contributed by atoms with E-state index in [0.29, 0.717) is 5.82 Å². The smallest absolute Gasteiger partial charge is 0.405 e. The number of carboxylic acid groups (broad SMARTS) is 1. The summed E-state index contributed by atoms with van der Waals surface area (Å²) in [7, 11) is 1.63. The van der Waals surface area contributed by atoms with Crippen LogP contribution >= 0.6 is 0 Å². The molecule has 0 fully saturated rings. The molecule has 0 radical (unpaired) electrons. The Hall–Kier alpha value is -2.05. The Morgan fingerprint density at radius 3 is 2.61 bits per heavy atom. The van der Waals surface area contributed by atoms with Gasteiger partial charge in [0.25, 0.3) is 0 Å². The van der Waals surface area contributed by atoms with E-state index in [0.717, 1.165) is 0 Å². The molecule has 0 aliphatic heterocycles. The second kappa shape index (κ2) is 5.07. The molecular weight excluding hydrogens is 238 g/mol. The molecule has 100 valence electrons. The SMILES string of the molecule is Cn1c(C(=O)OC(C)(C)C)cnc1CNC(=O)O. The zero-order valence-corrected chi connectivity index (χ0v) is 10.9. The number of nitrogens with zero attached hydrogens (tertiary/aromatic N) is 2. The highest BCUT2D eigenvalue weighted by atomic mass is 16.6. The van der Waals surface area contributed by atoms with Crippen LogP contribution in [0, 0.1) is 0 Å². The van der Waals surface area contributed by atoms with Crippen molar-refractivity contribution in [3.8, 4) is 0 Å². The number of hydrogen-bond acceptors (Lipinski definition) is 4. The molecule has 1 rings (SSSR count). The van der Waals surface area contributed by atoms with Crippen molar-refractivity contribution in [1.82, 2.24) is 14.9 Å². The van der Waals surface area contributed by atoms with Gasteiger partial charge in [0.2, 0.25) is 0 Å². The van der Waals surface area contributed by atoms with E-state index < -0.39 is 17.7 Å². The lowest BCUT2D eigenvalue weighted by molar-refractivity contribution is 0.00586. The minimum Gasteiger partial charge on any atom is -0.465 e. The van der Waals surface area contributed by atoms with Gasteiger partial charge >= 0.3 is 12.1 Å². The third kappa shape index (κ3) is 3.76. The zero-order valence-electron chi connectivity index (χ0n) is 10.9. The van der Waals surface area contributed by atoms with E-state index in [1.54, 1.807) is 27.8 Å². The van der Waals surface area contributed by atoms with E-state index in [1.165, 1.54) is 10.8 Å². The van der Waals surface area contributed by atoms with E-state index in [2.05, 4.69) is 10.3 Å². The molecule has 0 saturated heterocycles. The van der Waals surface area contributed by atoms with Crippen molar-refractivity contribution in [3.63, 3.8) is 0 Å². The molecule has 1 aromatic heterocycles. The number of hydrogen-bond donors (Lipinski definition) is 2. The molecule has 7 heteroatoms. The Labute approximate surface area is 105 Å². The van der Waals surface area contributed by atoms with Crippen LogP contribution in [0.1, 0.15) is 37.1 Å². The highest BCUT2D eigenvalue weighted by molar-refractivity contribution is 5.87. The van der Waals surface area contributed by atoms with E-state index in [4.69, 9.17) is 9.84 Å². The maximum atomic E-state index is 11.8. The fourth-order valence-electron chi connectivity index (χ4n) is 1.29. The van der Waals surface area contributed by atoms with Gasteiger partial charge in [-0.25, -0.2) is 14.6 Å². The number of aromatic nitrogens is 2. The van der Waals surface area contributed by atoms with Crippen molar-refractivity contribution < 1.29 is 19.4 Å². The van der Waals surface area contributed by atoms with E-state index >= 15 is 0 Å². The maximum absolute atomic E-state index is 11.8. The molecule has 1 heterocycles. The number of esters is 1. The summed E-state index contributed by atoms with van der Waals surface area (Å²) < 4.78 is 6.71. The summed E-state index contributed by atoms with van der Waals surface area (Å²) in [6.07, 6.45) is 0.226. The number of nitrogens with one attached hydrogen (secondary N) is 1. The first-order valence-corrected chi connectivity index (χ1v) is 5.41. The van der Waals surface area contributed by atoms with Crippen LogP contribution in [0.3, 0.4) is 0 Å². The predicted octanol–water partition coefficient (Wildman–Crippen LogP) is 1.14. The van der Waals surface area contributed by atoms with Crippen molar-refractivity contribution in [1.29, 1.82) is 0 Å². The van der Waals surface area contributed by atoms with Crippen LogP contribution in [0.5, 0.6) is 0 Å². The molecule has 0 bridgehead atoms. The lowest BCUT2D eigenvalue weighted by Crippen LogP contribution is -2.26. The Bertz CT molecular complexity index is 459. The van der Waals surface area contributed by atoms with Crippen LogP contribution in [0.4, 0.5) is 4.79 Å². The van der Waals surface area contributed by atoms with Gasteiger partial charge in [-0.1, -0.05) is 0 Å². The number of ether oxygens (including phenoxy) is 1. The average molecular weight is 255 g/mol. The monoisotopic (exact) mass is 255 g/mol. The summed E-state index contributed by atoms with van der Waals surface area (Å²) in [5.74, 6) is -0.0441. The minimum absolute atomic E-state index is 0.0363. The molecule has 0 aliphatic rings. The number of imidazole rings is 1. The summed E-state index contributed by atoms with van der Waals surface area (Å²) in [5.41, 5.74) is -0.298. The molecule has 0 spiro atoms. The summed E-state index contributed by atoms with van der Waals surface area (Å²) in [6, 6.07) is 0. The topological polar surface area (TPSA) is 93.5 Å². The van der Waals surface area contributed by atoms with E-state index in [9.17, 15) is 9.59 Å². The van der Waals surface area contributed by atoms with Gasteiger partial charge in [0, 0.05) is 7.05 Å². The van der Waals surface area contributed by atoms with Crippen LogP contribution in [-0.2, 0) is 18.3 Å². The van der Waals surface area contributed by atoms with Gasteiger partial charge in [0.15, 0.2) is 0 Å². The van der Waals surface area contributed by atoms with Crippen LogP contribution in [0.15, 0.2) is 6.20 Å². The molecule has 0 unspecified atom stereocenters. The summed E-state index contributed by atoms with van der Waals surface area (Å²) in [6.45, 7) is 5.35.